The van der Waals surface area contributed by atoms with E-state index in [1.807, 2.05) is 0 Å². The van der Waals surface area contributed by atoms with Gasteiger partial charge in [-0.2, -0.15) is 0 Å². The van der Waals surface area contributed by atoms with Crippen LogP contribution in [0.1, 0.15) is 36.2 Å². The Bertz CT molecular complexity index is 931. The number of halogens is 2. The average molecular weight is 390 g/mol. The molecule has 3 rings (SSSR count). The molecular formula is C19H16F2N2O3S. The number of hydrogen-bond donors (Lipinski definition) is 0. The Balaban J connectivity index is 1.64. The normalized spacial score (nSPS) is 13.2. The lowest BCUT2D eigenvalue weighted by Crippen LogP contribution is -2.13. The zero-order valence-corrected chi connectivity index (χ0v) is 15.4. The van der Waals surface area contributed by atoms with Gasteiger partial charge in [0.1, 0.15) is 5.82 Å². The SMILES string of the molecule is CC(Sc1nnc(C(C)Oc2ccccc2F)o1)C(=O)c1ccc(F)cc1. The molecule has 0 spiro atoms. The first-order valence-corrected chi connectivity index (χ1v) is 9.03. The fourth-order valence-corrected chi connectivity index (χ4v) is 3.03. The molecule has 5 nitrogen and oxygen atoms in total. The van der Waals surface area contributed by atoms with Gasteiger partial charge in [-0.25, -0.2) is 8.78 Å². The molecule has 3 aromatic rings. The summed E-state index contributed by atoms with van der Waals surface area (Å²) in [6.07, 6.45) is -0.660. The number of aromatic nitrogens is 2. The van der Waals surface area contributed by atoms with Crippen molar-refractivity contribution in [3.8, 4) is 5.75 Å². The van der Waals surface area contributed by atoms with Crippen LogP contribution in [-0.4, -0.2) is 21.2 Å². The molecule has 0 radical (unpaired) electrons. The van der Waals surface area contributed by atoms with Crippen molar-refractivity contribution in [2.45, 2.75) is 30.4 Å². The van der Waals surface area contributed by atoms with E-state index in [4.69, 9.17) is 9.15 Å². The summed E-state index contributed by atoms with van der Waals surface area (Å²) in [5.74, 6) is -0.830. The van der Waals surface area contributed by atoms with Crippen molar-refractivity contribution in [3.63, 3.8) is 0 Å². The molecule has 1 heterocycles. The Morgan fingerprint density at radius 1 is 1.07 bits per heavy atom. The summed E-state index contributed by atoms with van der Waals surface area (Å²) in [6.45, 7) is 3.35. The number of nitrogens with zero attached hydrogens (tertiary/aromatic N) is 2. The molecule has 0 saturated heterocycles. The second-order valence-corrected chi connectivity index (χ2v) is 7.02. The predicted molar refractivity (Wildman–Crippen MR) is 95.8 cm³/mol. The lowest BCUT2D eigenvalue weighted by Gasteiger charge is -2.11. The molecule has 0 aliphatic heterocycles. The predicted octanol–water partition coefficient (Wildman–Crippen LogP) is 4.85. The van der Waals surface area contributed by atoms with E-state index in [2.05, 4.69) is 10.2 Å². The Morgan fingerprint density at radius 2 is 1.78 bits per heavy atom. The van der Waals surface area contributed by atoms with Crippen molar-refractivity contribution in [2.24, 2.45) is 0 Å². The van der Waals surface area contributed by atoms with Gasteiger partial charge < -0.3 is 9.15 Å². The third-order valence-electron chi connectivity index (χ3n) is 3.69. The smallest absolute Gasteiger partial charge is 0.277 e. The molecule has 2 unspecified atom stereocenters. The molecule has 0 aliphatic carbocycles. The number of Topliss-reactive ketones (excluding diaryl/α,β-unsaturated/α-hetero) is 1. The number of ether oxygens (including phenoxy) is 1. The molecule has 0 fully saturated rings. The van der Waals surface area contributed by atoms with Crippen LogP contribution in [0.15, 0.2) is 58.2 Å². The number of para-hydroxylation sites is 1. The number of hydrogen-bond acceptors (Lipinski definition) is 6. The standard InChI is InChI=1S/C19H16F2N2O3S/c1-11(25-16-6-4-3-5-15(16)21)18-22-23-19(26-18)27-12(2)17(24)13-7-9-14(20)10-8-13/h3-12H,1-2H3. The van der Waals surface area contributed by atoms with Crippen LogP contribution in [0.5, 0.6) is 5.75 Å². The Kier molecular flexibility index (Phi) is 5.85. The lowest BCUT2D eigenvalue weighted by atomic mass is 10.1. The summed E-state index contributed by atoms with van der Waals surface area (Å²) in [4.78, 5) is 12.4. The number of thioether (sulfide) groups is 1. The minimum absolute atomic E-state index is 0.0808. The molecule has 0 amide bonds. The van der Waals surface area contributed by atoms with Crippen LogP contribution in [-0.2, 0) is 0 Å². The minimum Gasteiger partial charge on any atom is -0.478 e. The molecule has 0 bridgehead atoms. The van der Waals surface area contributed by atoms with Crippen molar-refractivity contribution in [2.75, 3.05) is 0 Å². The van der Waals surface area contributed by atoms with Crippen LogP contribution in [0.3, 0.4) is 0 Å². The Labute approximate surface area is 158 Å². The molecule has 2 aromatic carbocycles. The van der Waals surface area contributed by atoms with E-state index in [1.54, 1.807) is 26.0 Å². The summed E-state index contributed by atoms with van der Waals surface area (Å²) >= 11 is 1.09. The molecule has 27 heavy (non-hydrogen) atoms. The van der Waals surface area contributed by atoms with Crippen molar-refractivity contribution in [1.82, 2.24) is 10.2 Å². The maximum Gasteiger partial charge on any atom is 0.277 e. The van der Waals surface area contributed by atoms with Gasteiger partial charge in [0.2, 0.25) is 0 Å². The fraction of sp³-hybridized carbons (Fsp3) is 0.211. The fourth-order valence-electron chi connectivity index (χ4n) is 2.27. The van der Waals surface area contributed by atoms with E-state index >= 15 is 0 Å². The van der Waals surface area contributed by atoms with Gasteiger partial charge in [-0.1, -0.05) is 23.9 Å². The van der Waals surface area contributed by atoms with Gasteiger partial charge in [0.05, 0.1) is 5.25 Å². The minimum atomic E-state index is -0.660. The van der Waals surface area contributed by atoms with Gasteiger partial charge in [-0.05, 0) is 50.2 Å². The highest BCUT2D eigenvalue weighted by Crippen LogP contribution is 2.28. The van der Waals surface area contributed by atoms with Crippen molar-refractivity contribution in [3.05, 3.63) is 71.6 Å². The second-order valence-electron chi connectivity index (χ2n) is 5.73. The van der Waals surface area contributed by atoms with Gasteiger partial charge >= 0.3 is 0 Å². The first kappa shape index (κ1) is 19.0. The summed E-state index contributed by atoms with van der Waals surface area (Å²) < 4.78 is 37.6. The van der Waals surface area contributed by atoms with E-state index in [0.29, 0.717) is 5.56 Å². The summed E-state index contributed by atoms with van der Waals surface area (Å²) in [5, 5.41) is 7.47. The summed E-state index contributed by atoms with van der Waals surface area (Å²) in [5.41, 5.74) is 0.396. The quantitative estimate of drug-likeness (QED) is 0.424. The van der Waals surface area contributed by atoms with E-state index in [9.17, 15) is 13.6 Å². The summed E-state index contributed by atoms with van der Waals surface area (Å²) in [7, 11) is 0. The molecule has 1 aromatic heterocycles. The number of carbonyl (C=O) groups is 1. The van der Waals surface area contributed by atoms with Crippen LogP contribution in [0.4, 0.5) is 8.78 Å². The highest BCUT2D eigenvalue weighted by molar-refractivity contribution is 8.00. The molecule has 0 N–H and O–H groups in total. The number of ketones is 1. The number of carbonyl (C=O) groups excluding carboxylic acids is 1. The van der Waals surface area contributed by atoms with E-state index in [0.717, 1.165) is 11.8 Å². The van der Waals surface area contributed by atoms with Crippen molar-refractivity contribution < 1.29 is 22.7 Å². The van der Waals surface area contributed by atoms with Crippen LogP contribution in [0.25, 0.3) is 0 Å². The van der Waals surface area contributed by atoms with Gasteiger partial charge in [0, 0.05) is 5.56 Å². The number of rotatable bonds is 7. The van der Waals surface area contributed by atoms with E-state index in [-0.39, 0.29) is 22.6 Å². The Hall–Kier alpha value is -2.74. The molecule has 0 aliphatic rings. The van der Waals surface area contributed by atoms with Crippen molar-refractivity contribution >= 4 is 17.5 Å². The van der Waals surface area contributed by atoms with Gasteiger partial charge in [0.25, 0.3) is 11.1 Å². The van der Waals surface area contributed by atoms with E-state index < -0.39 is 23.0 Å². The molecule has 8 heteroatoms. The third kappa shape index (κ3) is 4.71. The maximum atomic E-state index is 13.7. The van der Waals surface area contributed by atoms with Crippen LogP contribution >= 0.6 is 11.8 Å². The zero-order chi connectivity index (χ0) is 19.4. The highest BCUT2D eigenvalue weighted by Gasteiger charge is 2.22. The van der Waals surface area contributed by atoms with Gasteiger partial charge in [-0.15, -0.1) is 10.2 Å². The highest BCUT2D eigenvalue weighted by atomic mass is 32.2. The molecule has 140 valence electrons. The lowest BCUT2D eigenvalue weighted by molar-refractivity contribution is 0.0993. The number of benzene rings is 2. The van der Waals surface area contributed by atoms with Crippen molar-refractivity contribution in [1.29, 1.82) is 0 Å². The molecular weight excluding hydrogens is 374 g/mol. The second kappa shape index (κ2) is 8.30. The monoisotopic (exact) mass is 390 g/mol. The van der Waals surface area contributed by atoms with Gasteiger partial charge in [0.15, 0.2) is 23.5 Å². The van der Waals surface area contributed by atoms with E-state index in [1.165, 1.54) is 36.4 Å². The third-order valence-corrected chi connectivity index (χ3v) is 4.62. The first-order chi connectivity index (χ1) is 12.9. The molecule has 2 atom stereocenters. The average Bonchev–Trinajstić information content (AvgIpc) is 3.12. The zero-order valence-electron chi connectivity index (χ0n) is 14.6. The maximum absolute atomic E-state index is 13.7. The molecule has 0 saturated carbocycles. The Morgan fingerprint density at radius 3 is 2.48 bits per heavy atom. The largest absolute Gasteiger partial charge is 0.478 e. The summed E-state index contributed by atoms with van der Waals surface area (Å²) in [6, 6.07) is 11.3. The van der Waals surface area contributed by atoms with Crippen LogP contribution in [0, 0.1) is 11.6 Å². The first-order valence-electron chi connectivity index (χ1n) is 8.15. The van der Waals surface area contributed by atoms with Crippen LogP contribution < -0.4 is 4.74 Å². The van der Waals surface area contributed by atoms with Gasteiger partial charge in [-0.3, -0.25) is 4.79 Å². The topological polar surface area (TPSA) is 65.2 Å². The van der Waals surface area contributed by atoms with Crippen LogP contribution in [0.2, 0.25) is 0 Å².